The molecule has 5 N–H and O–H groups in total. The predicted molar refractivity (Wildman–Crippen MR) is 225 cm³/mol. The van der Waals surface area contributed by atoms with Crippen LogP contribution < -0.4 is 19.5 Å². The van der Waals surface area contributed by atoms with E-state index >= 15 is 0 Å². The van der Waals surface area contributed by atoms with E-state index in [9.17, 15) is 34.8 Å². The first-order chi connectivity index (χ1) is 30.2. The van der Waals surface area contributed by atoms with Crippen molar-refractivity contribution < 1.29 is 68.0 Å². The molecule has 2 heterocycles. The molecule has 2 aromatic carbocycles. The number of rotatable bonds is 14. The molecule has 15 nitrogen and oxygen atoms in total. The number of hydrogen-bond acceptors (Lipinski definition) is 14. The zero-order chi connectivity index (χ0) is 44.7. The van der Waals surface area contributed by atoms with Crippen LogP contribution in [0.1, 0.15) is 71.3 Å². The SMILES string of the molecule is C#CCOc1cc(O[C@H]2C[C@@H](O)[C@H](O)[C@@H](CO)O2)ccc1COC(=O)Nc1ccc(OCC(=O)[C@@]23OC(CCC)O[C@@H]2C[C@H]2[C@@H]4CCC5=CC(=O)C=C[C@]5(C)[C@H]4[C@@H](O)C[C@@]23C)cc1. The van der Waals surface area contributed by atoms with Crippen LogP contribution >= 0.6 is 0 Å². The highest BCUT2D eigenvalue weighted by Crippen LogP contribution is 2.69. The van der Waals surface area contributed by atoms with Crippen molar-refractivity contribution in [3.05, 3.63) is 71.8 Å². The van der Waals surface area contributed by atoms with Gasteiger partial charge in [0.15, 0.2) is 17.7 Å². The lowest BCUT2D eigenvalue weighted by atomic mass is 9.46. The van der Waals surface area contributed by atoms with Crippen LogP contribution in [-0.4, -0.2) is 107 Å². The highest BCUT2D eigenvalue weighted by Gasteiger charge is 2.76. The lowest BCUT2D eigenvalue weighted by molar-refractivity contribution is -0.229. The summed E-state index contributed by atoms with van der Waals surface area (Å²) < 4.78 is 42.0. The lowest BCUT2D eigenvalue weighted by Gasteiger charge is -2.59. The van der Waals surface area contributed by atoms with Gasteiger partial charge in [0.2, 0.25) is 12.1 Å². The van der Waals surface area contributed by atoms with E-state index in [-0.39, 0.29) is 61.3 Å². The molecule has 4 aliphatic carbocycles. The van der Waals surface area contributed by atoms with Crippen molar-refractivity contribution in [1.29, 1.82) is 0 Å². The first kappa shape index (κ1) is 44.8. The molecule has 338 valence electrons. The Bertz CT molecular complexity index is 2150. The molecule has 0 spiro atoms. The van der Waals surface area contributed by atoms with E-state index in [1.165, 1.54) is 6.07 Å². The van der Waals surface area contributed by atoms with E-state index in [4.69, 9.17) is 39.6 Å². The maximum atomic E-state index is 14.7. The minimum absolute atomic E-state index is 0.0183. The Hall–Kier alpha value is -4.79. The molecular weight excluding hydrogens is 815 g/mol. The molecule has 3 saturated carbocycles. The van der Waals surface area contributed by atoms with Gasteiger partial charge in [0, 0.05) is 40.5 Å². The van der Waals surface area contributed by atoms with Crippen LogP contribution in [0.15, 0.2) is 66.3 Å². The number of nitrogens with one attached hydrogen (secondary N) is 1. The summed E-state index contributed by atoms with van der Waals surface area (Å²) in [7, 11) is 0. The molecule has 5 fully saturated rings. The third kappa shape index (κ3) is 8.27. The van der Waals surface area contributed by atoms with Gasteiger partial charge >= 0.3 is 6.09 Å². The largest absolute Gasteiger partial charge is 0.486 e. The topological polar surface area (TPSA) is 209 Å². The highest BCUT2D eigenvalue weighted by atomic mass is 16.7. The zero-order valence-corrected chi connectivity index (χ0v) is 35.8. The Morgan fingerprint density at radius 1 is 1.02 bits per heavy atom. The van der Waals surface area contributed by atoms with Gasteiger partial charge in [-0.3, -0.25) is 14.9 Å². The predicted octanol–water partition coefficient (Wildman–Crippen LogP) is 4.77. The minimum atomic E-state index is -1.31. The number of carbonyl (C=O) groups excluding carboxylic acids is 3. The Morgan fingerprint density at radius 3 is 2.54 bits per heavy atom. The van der Waals surface area contributed by atoms with Gasteiger partial charge in [0.1, 0.15) is 49.3 Å². The summed E-state index contributed by atoms with van der Waals surface area (Å²) in [5.41, 5.74) is -0.524. The maximum absolute atomic E-state index is 14.7. The Kier molecular flexibility index (Phi) is 12.8. The number of ether oxygens (including phenoxy) is 7. The quantitative estimate of drug-likeness (QED) is 0.162. The molecule has 2 saturated heterocycles. The monoisotopic (exact) mass is 871 g/mol. The van der Waals surface area contributed by atoms with Gasteiger partial charge in [-0.15, -0.1) is 6.42 Å². The molecule has 0 radical (unpaired) electrons. The number of fused-ring (bicyclic) bond motifs is 7. The van der Waals surface area contributed by atoms with Crippen molar-refractivity contribution in [2.24, 2.45) is 28.6 Å². The number of Topliss-reactive ketones (excluding diaryl/α,β-unsaturated/α-hetero) is 1. The summed E-state index contributed by atoms with van der Waals surface area (Å²) in [6.45, 7) is 5.20. The number of aliphatic hydroxyl groups excluding tert-OH is 4. The number of allylic oxidation sites excluding steroid dienone is 4. The van der Waals surface area contributed by atoms with Crippen molar-refractivity contribution in [2.75, 3.05) is 25.1 Å². The average Bonchev–Trinajstić information content (AvgIpc) is 3.75. The van der Waals surface area contributed by atoms with Crippen LogP contribution in [-0.2, 0) is 35.1 Å². The summed E-state index contributed by atoms with van der Waals surface area (Å²) in [6.07, 6.45) is 7.81. The van der Waals surface area contributed by atoms with Gasteiger partial charge in [-0.05, 0) is 92.5 Å². The van der Waals surface area contributed by atoms with Gasteiger partial charge in [-0.1, -0.05) is 44.8 Å². The van der Waals surface area contributed by atoms with Crippen LogP contribution in [0, 0.1) is 40.9 Å². The minimum Gasteiger partial charge on any atom is -0.486 e. The van der Waals surface area contributed by atoms with Gasteiger partial charge in [0.05, 0.1) is 24.9 Å². The molecule has 0 bridgehead atoms. The maximum Gasteiger partial charge on any atom is 0.411 e. The Balaban J connectivity index is 0.892. The van der Waals surface area contributed by atoms with Crippen molar-refractivity contribution in [2.45, 2.75) is 121 Å². The molecule has 8 rings (SSSR count). The van der Waals surface area contributed by atoms with Crippen LogP contribution in [0.2, 0.25) is 0 Å². The molecule has 2 aromatic rings. The molecule has 2 aliphatic heterocycles. The van der Waals surface area contributed by atoms with Crippen molar-refractivity contribution in [1.82, 2.24) is 0 Å². The average molecular weight is 872 g/mol. The fourth-order valence-electron chi connectivity index (χ4n) is 11.5. The fraction of sp³-hybridized carbons (Fsp3) is 0.562. The lowest BCUT2D eigenvalue weighted by Crippen LogP contribution is -2.63. The normalized spacial score (nSPS) is 36.4. The van der Waals surface area contributed by atoms with Crippen molar-refractivity contribution in [3.63, 3.8) is 0 Å². The highest BCUT2D eigenvalue weighted by molar-refractivity contribution is 6.01. The van der Waals surface area contributed by atoms with Gasteiger partial charge in [0.25, 0.3) is 0 Å². The first-order valence-electron chi connectivity index (χ1n) is 21.9. The van der Waals surface area contributed by atoms with E-state index in [1.807, 2.05) is 13.0 Å². The molecular formula is C48H57NO14. The number of terminal acetylenes is 1. The third-order valence-corrected chi connectivity index (χ3v) is 14.4. The van der Waals surface area contributed by atoms with E-state index in [2.05, 4.69) is 25.1 Å². The molecule has 0 aromatic heterocycles. The van der Waals surface area contributed by atoms with E-state index < -0.39 is 72.2 Å². The standard InChI is InChI=1S/C48H57NO14/c1-5-7-41-62-40-21-34-33-15-9-28-19-30(51)16-17-46(28,3)43(33)36(53)23-47(34,4)48(40,63-41)39(54)26-58-31-13-10-29(11-14-31)49-45(56)59-25-27-8-12-32(20-37(27)57-18-6-2)60-42-22-35(52)44(55)38(24-50)61-42/h2,8,10-14,16-17,19-20,33-36,38,40-44,50,52-53,55H,5,7,9,15,18,21-26H2,1,3-4H3,(H,49,56)/t33-,34-,35+,36-,38+,40+,41?,42+,43+,44-,46-,47-,48+/m0/s1. The molecule has 63 heavy (non-hydrogen) atoms. The van der Waals surface area contributed by atoms with Crippen molar-refractivity contribution >= 4 is 23.3 Å². The summed E-state index contributed by atoms with van der Waals surface area (Å²) >= 11 is 0. The van der Waals surface area contributed by atoms with Crippen LogP contribution in [0.3, 0.4) is 0 Å². The van der Waals surface area contributed by atoms with Gasteiger partial charge in [-0.2, -0.15) is 0 Å². The van der Waals surface area contributed by atoms with E-state index in [0.29, 0.717) is 42.0 Å². The molecule has 1 unspecified atom stereocenters. The molecule has 6 aliphatic rings. The number of aliphatic hydroxyl groups is 4. The van der Waals surface area contributed by atoms with Crippen LogP contribution in [0.25, 0.3) is 0 Å². The van der Waals surface area contributed by atoms with Gasteiger partial charge in [-0.25, -0.2) is 4.79 Å². The second kappa shape index (κ2) is 18.0. The smallest absolute Gasteiger partial charge is 0.411 e. The van der Waals surface area contributed by atoms with E-state index in [1.54, 1.807) is 48.6 Å². The number of amides is 1. The number of carbonyl (C=O) groups is 3. The van der Waals surface area contributed by atoms with Gasteiger partial charge < -0.3 is 53.6 Å². The second-order valence-corrected chi connectivity index (χ2v) is 18.0. The summed E-state index contributed by atoms with van der Waals surface area (Å²) in [5, 5.41) is 44.4. The zero-order valence-electron chi connectivity index (χ0n) is 35.8. The summed E-state index contributed by atoms with van der Waals surface area (Å²) in [5.74, 6) is 3.15. The van der Waals surface area contributed by atoms with Crippen LogP contribution in [0.5, 0.6) is 17.2 Å². The molecule has 1 amide bonds. The van der Waals surface area contributed by atoms with Crippen LogP contribution in [0.4, 0.5) is 10.5 Å². The summed E-state index contributed by atoms with van der Waals surface area (Å²) in [6, 6.07) is 11.3. The summed E-state index contributed by atoms with van der Waals surface area (Å²) in [4.78, 5) is 39.9. The molecule has 15 heteroatoms. The molecule has 13 atom stereocenters. The number of hydrogen-bond donors (Lipinski definition) is 5. The first-order valence-corrected chi connectivity index (χ1v) is 21.9. The number of anilines is 1. The Labute approximate surface area is 366 Å². The number of benzene rings is 2. The third-order valence-electron chi connectivity index (χ3n) is 14.4. The Morgan fingerprint density at radius 2 is 1.79 bits per heavy atom. The second-order valence-electron chi connectivity index (χ2n) is 18.0. The fourth-order valence-corrected chi connectivity index (χ4v) is 11.5. The number of ketones is 2. The van der Waals surface area contributed by atoms with E-state index in [0.717, 1.165) is 24.8 Å². The van der Waals surface area contributed by atoms with Crippen molar-refractivity contribution in [3.8, 4) is 29.6 Å².